The van der Waals surface area contributed by atoms with Gasteiger partial charge in [0.1, 0.15) is 0 Å². The Balaban J connectivity index is 2.22. The first kappa shape index (κ1) is 20.2. The number of hydrogen-bond acceptors (Lipinski definition) is 4. The van der Waals surface area contributed by atoms with Crippen LogP contribution in [0.3, 0.4) is 0 Å². The molecule has 136 valence electrons. The third-order valence-corrected chi connectivity index (χ3v) is 5.96. The molecule has 1 saturated heterocycles. The van der Waals surface area contributed by atoms with Crippen molar-refractivity contribution in [1.82, 2.24) is 14.9 Å². The third kappa shape index (κ3) is 7.05. The van der Waals surface area contributed by atoms with Gasteiger partial charge in [-0.25, -0.2) is 17.5 Å². The van der Waals surface area contributed by atoms with E-state index in [9.17, 15) is 18.3 Å². The van der Waals surface area contributed by atoms with Crippen molar-refractivity contribution in [2.45, 2.75) is 45.6 Å². The smallest absolute Gasteiger partial charge is 0.314 e. The van der Waals surface area contributed by atoms with Crippen LogP contribution in [0.5, 0.6) is 0 Å². The Morgan fingerprint density at radius 1 is 1.22 bits per heavy atom. The molecule has 0 aromatic carbocycles. The number of carbonyl (C=O) groups excluding carboxylic acids is 1. The summed E-state index contributed by atoms with van der Waals surface area (Å²) in [6, 6.07) is -0.277. The standard InChI is InChI=1S/C15H31N3O4S/c1-4-13(5-2)14(19)11-17-15(20)16-10-12-6-8-18(9-7-12)23(3,21)22/h12-14,19H,4-11H2,1-3H3,(H2,16,17,20)/t14-/m1/s1. The van der Waals surface area contributed by atoms with Crippen LogP contribution in [0.25, 0.3) is 0 Å². The number of carbonyl (C=O) groups is 1. The molecule has 0 aliphatic carbocycles. The maximum atomic E-state index is 11.8. The molecular weight excluding hydrogens is 318 g/mol. The second kappa shape index (κ2) is 9.44. The highest BCUT2D eigenvalue weighted by Gasteiger charge is 2.25. The number of aliphatic hydroxyl groups excluding tert-OH is 1. The fourth-order valence-corrected chi connectivity index (χ4v) is 3.82. The van der Waals surface area contributed by atoms with E-state index in [1.807, 2.05) is 13.8 Å². The van der Waals surface area contributed by atoms with Crippen LogP contribution in [0.2, 0.25) is 0 Å². The van der Waals surface area contributed by atoms with Crippen LogP contribution in [-0.4, -0.2) is 62.4 Å². The Hall–Kier alpha value is -0.860. The van der Waals surface area contributed by atoms with Crippen molar-refractivity contribution in [3.8, 4) is 0 Å². The SMILES string of the molecule is CCC(CC)[C@H](O)CNC(=O)NCC1CCN(S(C)(=O)=O)CC1. The summed E-state index contributed by atoms with van der Waals surface area (Å²) < 4.78 is 24.4. The molecular formula is C15H31N3O4S. The van der Waals surface area contributed by atoms with E-state index < -0.39 is 16.1 Å². The minimum absolute atomic E-state index is 0.204. The van der Waals surface area contributed by atoms with Crippen LogP contribution in [0.4, 0.5) is 4.79 Å². The number of rotatable bonds is 8. The zero-order valence-electron chi connectivity index (χ0n) is 14.4. The number of piperidine rings is 1. The summed E-state index contributed by atoms with van der Waals surface area (Å²) in [5, 5.41) is 15.5. The second-order valence-corrected chi connectivity index (χ2v) is 8.32. The van der Waals surface area contributed by atoms with Gasteiger partial charge in [-0.3, -0.25) is 0 Å². The topological polar surface area (TPSA) is 98.7 Å². The number of nitrogens with one attached hydrogen (secondary N) is 2. The van der Waals surface area contributed by atoms with Crippen molar-refractivity contribution in [2.24, 2.45) is 11.8 Å². The molecule has 23 heavy (non-hydrogen) atoms. The molecule has 7 nitrogen and oxygen atoms in total. The van der Waals surface area contributed by atoms with Gasteiger partial charge in [0.05, 0.1) is 12.4 Å². The summed E-state index contributed by atoms with van der Waals surface area (Å²) in [6.45, 7) is 5.87. The van der Waals surface area contributed by atoms with Gasteiger partial charge in [0.25, 0.3) is 0 Å². The van der Waals surface area contributed by atoms with Crippen LogP contribution in [0, 0.1) is 11.8 Å². The highest BCUT2D eigenvalue weighted by Crippen LogP contribution is 2.18. The van der Waals surface area contributed by atoms with Gasteiger partial charge in [0.2, 0.25) is 10.0 Å². The predicted octanol–water partition coefficient (Wildman–Crippen LogP) is 0.754. The zero-order valence-corrected chi connectivity index (χ0v) is 15.2. The van der Waals surface area contributed by atoms with Gasteiger partial charge in [-0.05, 0) is 24.7 Å². The van der Waals surface area contributed by atoms with E-state index >= 15 is 0 Å². The molecule has 1 aliphatic rings. The van der Waals surface area contributed by atoms with Crippen molar-refractivity contribution in [2.75, 3.05) is 32.4 Å². The molecule has 1 fully saturated rings. The summed E-state index contributed by atoms with van der Waals surface area (Å²) in [5.41, 5.74) is 0. The van der Waals surface area contributed by atoms with Crippen molar-refractivity contribution < 1.29 is 18.3 Å². The lowest BCUT2D eigenvalue weighted by molar-refractivity contribution is 0.103. The zero-order chi connectivity index (χ0) is 17.5. The molecule has 1 heterocycles. The van der Waals surface area contributed by atoms with Gasteiger partial charge < -0.3 is 15.7 Å². The molecule has 0 bridgehead atoms. The first-order valence-corrected chi connectivity index (χ1v) is 10.3. The molecule has 0 radical (unpaired) electrons. The summed E-state index contributed by atoms with van der Waals surface area (Å²) in [4.78, 5) is 11.8. The monoisotopic (exact) mass is 349 g/mol. The minimum atomic E-state index is -3.11. The molecule has 2 amide bonds. The first-order valence-electron chi connectivity index (χ1n) is 8.42. The van der Waals surface area contributed by atoms with Crippen molar-refractivity contribution in [1.29, 1.82) is 0 Å². The molecule has 0 aromatic heterocycles. The third-order valence-electron chi connectivity index (χ3n) is 4.66. The summed E-state index contributed by atoms with van der Waals surface area (Å²) in [5.74, 6) is 0.498. The van der Waals surface area contributed by atoms with E-state index in [2.05, 4.69) is 10.6 Å². The molecule has 1 rings (SSSR count). The van der Waals surface area contributed by atoms with Crippen LogP contribution >= 0.6 is 0 Å². The van der Waals surface area contributed by atoms with Gasteiger partial charge in [-0.2, -0.15) is 0 Å². The lowest BCUT2D eigenvalue weighted by Crippen LogP contribution is -2.45. The van der Waals surface area contributed by atoms with E-state index in [0.29, 0.717) is 25.6 Å². The van der Waals surface area contributed by atoms with Gasteiger partial charge in [-0.1, -0.05) is 26.7 Å². The Morgan fingerprint density at radius 3 is 2.26 bits per heavy atom. The molecule has 1 atom stereocenters. The maximum Gasteiger partial charge on any atom is 0.314 e. The van der Waals surface area contributed by atoms with Gasteiger partial charge >= 0.3 is 6.03 Å². The normalized spacial score (nSPS) is 18.8. The Labute approximate surface area is 139 Å². The number of aliphatic hydroxyl groups is 1. The van der Waals surface area contributed by atoms with E-state index in [0.717, 1.165) is 25.7 Å². The highest BCUT2D eigenvalue weighted by molar-refractivity contribution is 7.88. The minimum Gasteiger partial charge on any atom is -0.391 e. The number of nitrogens with zero attached hydrogens (tertiary/aromatic N) is 1. The number of amides is 2. The molecule has 0 saturated carbocycles. The number of urea groups is 1. The quantitative estimate of drug-likeness (QED) is 0.602. The molecule has 3 N–H and O–H groups in total. The molecule has 0 unspecified atom stereocenters. The average molecular weight is 349 g/mol. The number of sulfonamides is 1. The van der Waals surface area contributed by atoms with Crippen LogP contribution in [0.1, 0.15) is 39.5 Å². The van der Waals surface area contributed by atoms with Crippen LogP contribution in [0.15, 0.2) is 0 Å². The molecule has 8 heteroatoms. The Kier molecular flexibility index (Phi) is 8.28. The van der Waals surface area contributed by atoms with Gasteiger partial charge in [0.15, 0.2) is 0 Å². The van der Waals surface area contributed by atoms with E-state index in [-0.39, 0.29) is 18.5 Å². The van der Waals surface area contributed by atoms with Gasteiger partial charge in [-0.15, -0.1) is 0 Å². The summed E-state index contributed by atoms with van der Waals surface area (Å²) >= 11 is 0. The first-order chi connectivity index (χ1) is 10.8. The van der Waals surface area contributed by atoms with Gasteiger partial charge in [0, 0.05) is 26.2 Å². The molecule has 1 aliphatic heterocycles. The van der Waals surface area contributed by atoms with Crippen LogP contribution in [-0.2, 0) is 10.0 Å². The largest absolute Gasteiger partial charge is 0.391 e. The fourth-order valence-electron chi connectivity index (χ4n) is 2.94. The van der Waals surface area contributed by atoms with E-state index in [4.69, 9.17) is 0 Å². The predicted molar refractivity (Wildman–Crippen MR) is 90.6 cm³/mol. The lowest BCUT2D eigenvalue weighted by Gasteiger charge is -2.30. The molecule has 0 aromatic rings. The summed E-state index contributed by atoms with van der Waals surface area (Å²) in [6.07, 6.45) is 3.99. The number of hydrogen-bond donors (Lipinski definition) is 3. The van der Waals surface area contributed by atoms with E-state index in [1.165, 1.54) is 10.6 Å². The van der Waals surface area contributed by atoms with Crippen molar-refractivity contribution >= 4 is 16.1 Å². The Bertz CT molecular complexity index is 457. The highest BCUT2D eigenvalue weighted by atomic mass is 32.2. The second-order valence-electron chi connectivity index (χ2n) is 6.34. The lowest BCUT2D eigenvalue weighted by atomic mass is 9.96. The van der Waals surface area contributed by atoms with E-state index in [1.54, 1.807) is 0 Å². The van der Waals surface area contributed by atoms with Crippen molar-refractivity contribution in [3.63, 3.8) is 0 Å². The molecule has 0 spiro atoms. The average Bonchev–Trinajstić information content (AvgIpc) is 2.51. The summed E-state index contributed by atoms with van der Waals surface area (Å²) in [7, 11) is -3.11. The van der Waals surface area contributed by atoms with Crippen molar-refractivity contribution in [3.05, 3.63) is 0 Å². The van der Waals surface area contributed by atoms with Crippen LogP contribution < -0.4 is 10.6 Å². The fraction of sp³-hybridized carbons (Fsp3) is 0.933. The maximum absolute atomic E-state index is 11.8. The Morgan fingerprint density at radius 2 is 1.78 bits per heavy atom.